The lowest BCUT2D eigenvalue weighted by molar-refractivity contribution is -0.120. The molecule has 132 valence electrons. The monoisotopic (exact) mass is 360 g/mol. The first-order chi connectivity index (χ1) is 12.1. The number of hydrogen-bond acceptors (Lipinski definition) is 4. The number of nitrogens with one attached hydrogen (secondary N) is 2. The van der Waals surface area contributed by atoms with Gasteiger partial charge in [-0.25, -0.2) is 0 Å². The van der Waals surface area contributed by atoms with Crippen molar-refractivity contribution < 1.29 is 14.3 Å². The highest BCUT2D eigenvalue weighted by Crippen LogP contribution is 2.32. The molecule has 3 rings (SSSR count). The van der Waals surface area contributed by atoms with E-state index in [-0.39, 0.29) is 18.5 Å². The summed E-state index contributed by atoms with van der Waals surface area (Å²) in [6, 6.07) is 11.4. The van der Waals surface area contributed by atoms with E-state index in [0.29, 0.717) is 17.4 Å². The first kappa shape index (κ1) is 17.4. The molecule has 0 aliphatic carbocycles. The SMILES string of the molecule is COc1cc(Cl)c(C)cc1NCC(=O)NC1CCOc2ccccc21. The van der Waals surface area contributed by atoms with Crippen LogP contribution < -0.4 is 20.1 Å². The van der Waals surface area contributed by atoms with Crippen LogP contribution in [0, 0.1) is 6.92 Å². The fourth-order valence-electron chi connectivity index (χ4n) is 2.88. The lowest BCUT2D eigenvalue weighted by atomic mass is 10.0. The standard InChI is InChI=1S/C19H21ClN2O3/c1-12-9-16(18(24-2)10-14(12)20)21-11-19(23)22-15-7-8-25-17-6-4-3-5-13(15)17/h3-6,9-10,15,21H,7-8,11H2,1-2H3,(H,22,23). The Morgan fingerprint density at radius 3 is 2.96 bits per heavy atom. The summed E-state index contributed by atoms with van der Waals surface area (Å²) in [4.78, 5) is 12.4. The highest BCUT2D eigenvalue weighted by molar-refractivity contribution is 6.31. The summed E-state index contributed by atoms with van der Waals surface area (Å²) in [6.45, 7) is 2.66. The van der Waals surface area contributed by atoms with Crippen LogP contribution in [0.3, 0.4) is 0 Å². The second kappa shape index (κ2) is 7.66. The van der Waals surface area contributed by atoms with E-state index in [1.54, 1.807) is 13.2 Å². The minimum absolute atomic E-state index is 0.0342. The van der Waals surface area contributed by atoms with E-state index in [2.05, 4.69) is 10.6 Å². The normalized spacial score (nSPS) is 15.7. The zero-order chi connectivity index (χ0) is 17.8. The second-order valence-corrected chi connectivity index (χ2v) is 6.36. The Morgan fingerprint density at radius 1 is 1.36 bits per heavy atom. The zero-order valence-electron chi connectivity index (χ0n) is 14.3. The van der Waals surface area contributed by atoms with Crippen LogP contribution in [0.4, 0.5) is 5.69 Å². The van der Waals surface area contributed by atoms with Gasteiger partial charge in [0.1, 0.15) is 11.5 Å². The van der Waals surface area contributed by atoms with Crippen molar-refractivity contribution in [2.75, 3.05) is 25.6 Å². The summed E-state index contributed by atoms with van der Waals surface area (Å²) in [5.41, 5.74) is 2.68. The third-order valence-corrected chi connectivity index (χ3v) is 4.62. The highest BCUT2D eigenvalue weighted by atomic mass is 35.5. The van der Waals surface area contributed by atoms with Gasteiger partial charge in [0.15, 0.2) is 0 Å². The van der Waals surface area contributed by atoms with E-state index < -0.39 is 0 Å². The summed E-state index contributed by atoms with van der Waals surface area (Å²) >= 11 is 6.11. The van der Waals surface area contributed by atoms with Gasteiger partial charge in [-0.2, -0.15) is 0 Å². The van der Waals surface area contributed by atoms with Crippen LogP contribution in [0.2, 0.25) is 5.02 Å². The molecule has 25 heavy (non-hydrogen) atoms. The van der Waals surface area contributed by atoms with Gasteiger partial charge in [-0.1, -0.05) is 29.8 Å². The Morgan fingerprint density at radius 2 is 2.16 bits per heavy atom. The second-order valence-electron chi connectivity index (χ2n) is 5.95. The summed E-state index contributed by atoms with van der Waals surface area (Å²) in [7, 11) is 1.57. The molecule has 0 spiro atoms. The Kier molecular flexibility index (Phi) is 5.34. The van der Waals surface area contributed by atoms with Gasteiger partial charge >= 0.3 is 0 Å². The number of carbonyl (C=O) groups is 1. The number of amides is 1. The van der Waals surface area contributed by atoms with Crippen LogP contribution in [0.5, 0.6) is 11.5 Å². The molecule has 2 aromatic carbocycles. The minimum atomic E-state index is -0.0867. The van der Waals surface area contributed by atoms with Gasteiger partial charge in [0.05, 0.1) is 32.0 Å². The zero-order valence-corrected chi connectivity index (χ0v) is 15.0. The van der Waals surface area contributed by atoms with E-state index in [1.807, 2.05) is 37.3 Å². The first-order valence-electron chi connectivity index (χ1n) is 8.17. The molecule has 2 aromatic rings. The number of benzene rings is 2. The van der Waals surface area contributed by atoms with E-state index >= 15 is 0 Å². The predicted octanol–water partition coefficient (Wildman–Crippen LogP) is 3.71. The van der Waals surface area contributed by atoms with E-state index in [1.165, 1.54) is 0 Å². The van der Waals surface area contributed by atoms with Crippen molar-refractivity contribution in [1.29, 1.82) is 0 Å². The van der Waals surface area contributed by atoms with Crippen molar-refractivity contribution in [3.8, 4) is 11.5 Å². The number of halogens is 1. The Labute approximate surface area is 152 Å². The van der Waals surface area contributed by atoms with Crippen molar-refractivity contribution in [3.05, 3.63) is 52.5 Å². The van der Waals surface area contributed by atoms with E-state index in [0.717, 1.165) is 29.0 Å². The molecular formula is C19H21ClN2O3. The van der Waals surface area contributed by atoms with Gasteiger partial charge in [0.25, 0.3) is 0 Å². The smallest absolute Gasteiger partial charge is 0.239 e. The first-order valence-corrected chi connectivity index (χ1v) is 8.55. The van der Waals surface area contributed by atoms with Crippen LogP contribution in [0.15, 0.2) is 36.4 Å². The molecule has 1 atom stereocenters. The summed E-state index contributed by atoms with van der Waals surface area (Å²) in [5, 5.41) is 6.81. The lowest BCUT2D eigenvalue weighted by Crippen LogP contribution is -2.35. The molecule has 6 heteroatoms. The van der Waals surface area contributed by atoms with Gasteiger partial charge in [-0.05, 0) is 24.6 Å². The van der Waals surface area contributed by atoms with Gasteiger partial charge in [0.2, 0.25) is 5.91 Å². The van der Waals surface area contributed by atoms with Gasteiger partial charge < -0.3 is 20.1 Å². The maximum Gasteiger partial charge on any atom is 0.239 e. The largest absolute Gasteiger partial charge is 0.495 e. The summed E-state index contributed by atoms with van der Waals surface area (Å²) < 4.78 is 10.9. The molecule has 1 aliphatic heterocycles. The van der Waals surface area contributed by atoms with Gasteiger partial charge in [-0.3, -0.25) is 4.79 Å². The van der Waals surface area contributed by atoms with E-state index in [9.17, 15) is 4.79 Å². The number of carbonyl (C=O) groups excluding carboxylic acids is 1. The molecule has 0 saturated carbocycles. The van der Waals surface area contributed by atoms with Crippen molar-refractivity contribution in [3.63, 3.8) is 0 Å². The Balaban J connectivity index is 1.64. The maximum atomic E-state index is 12.4. The number of rotatable bonds is 5. The molecule has 0 bridgehead atoms. The fraction of sp³-hybridized carbons (Fsp3) is 0.316. The van der Waals surface area contributed by atoms with Crippen LogP contribution in [-0.2, 0) is 4.79 Å². The molecule has 1 aliphatic rings. The van der Waals surface area contributed by atoms with Crippen LogP contribution in [-0.4, -0.2) is 26.2 Å². The number of methoxy groups -OCH3 is 1. The topological polar surface area (TPSA) is 59.6 Å². The Bertz CT molecular complexity index is 779. The summed E-state index contributed by atoms with van der Waals surface area (Å²) in [6.07, 6.45) is 0.756. The molecular weight excluding hydrogens is 340 g/mol. The average molecular weight is 361 g/mol. The molecule has 0 saturated heterocycles. The summed E-state index contributed by atoms with van der Waals surface area (Å²) in [5.74, 6) is 1.36. The van der Waals surface area contributed by atoms with Crippen molar-refractivity contribution in [2.45, 2.75) is 19.4 Å². The maximum absolute atomic E-state index is 12.4. The highest BCUT2D eigenvalue weighted by Gasteiger charge is 2.22. The third-order valence-electron chi connectivity index (χ3n) is 4.21. The number of ether oxygens (including phenoxy) is 2. The molecule has 1 heterocycles. The quantitative estimate of drug-likeness (QED) is 0.853. The molecule has 0 fully saturated rings. The molecule has 1 amide bonds. The van der Waals surface area contributed by atoms with Crippen LogP contribution in [0.1, 0.15) is 23.6 Å². The number of aryl methyl sites for hydroxylation is 1. The minimum Gasteiger partial charge on any atom is -0.495 e. The third kappa shape index (κ3) is 3.99. The predicted molar refractivity (Wildman–Crippen MR) is 98.7 cm³/mol. The molecule has 1 unspecified atom stereocenters. The van der Waals surface area contributed by atoms with Gasteiger partial charge in [0, 0.05) is 23.1 Å². The Hall–Kier alpha value is -2.40. The van der Waals surface area contributed by atoms with Crippen molar-refractivity contribution >= 4 is 23.2 Å². The number of fused-ring (bicyclic) bond motifs is 1. The average Bonchev–Trinajstić information content (AvgIpc) is 2.62. The molecule has 0 radical (unpaired) electrons. The van der Waals surface area contributed by atoms with Crippen molar-refractivity contribution in [2.24, 2.45) is 0 Å². The van der Waals surface area contributed by atoms with Crippen molar-refractivity contribution in [1.82, 2.24) is 5.32 Å². The fourth-order valence-corrected chi connectivity index (χ4v) is 3.04. The van der Waals surface area contributed by atoms with Crippen LogP contribution in [0.25, 0.3) is 0 Å². The number of anilines is 1. The lowest BCUT2D eigenvalue weighted by Gasteiger charge is -2.26. The number of hydrogen-bond donors (Lipinski definition) is 2. The molecule has 2 N–H and O–H groups in total. The number of para-hydroxylation sites is 1. The van der Waals surface area contributed by atoms with Gasteiger partial charge in [-0.15, -0.1) is 0 Å². The van der Waals surface area contributed by atoms with E-state index in [4.69, 9.17) is 21.1 Å². The van der Waals surface area contributed by atoms with Crippen LogP contribution >= 0.6 is 11.6 Å². The molecule has 5 nitrogen and oxygen atoms in total. The molecule has 0 aromatic heterocycles.